The van der Waals surface area contributed by atoms with E-state index in [4.69, 9.17) is 0 Å². The number of hydrogen-bond acceptors (Lipinski definition) is 1. The zero-order valence-corrected chi connectivity index (χ0v) is 12.1. The first-order valence-corrected chi connectivity index (χ1v) is 6.97. The smallest absolute Gasteiger partial charge is 0.226 e. The fourth-order valence-electron chi connectivity index (χ4n) is 2.25. The van der Waals surface area contributed by atoms with Crippen molar-refractivity contribution >= 4 is 11.6 Å². The number of carbonyl (C=O) groups is 1. The van der Waals surface area contributed by atoms with Crippen LogP contribution in [0.15, 0.2) is 18.2 Å². The van der Waals surface area contributed by atoms with E-state index in [9.17, 15) is 4.79 Å². The van der Waals surface area contributed by atoms with Gasteiger partial charge in [-0.25, -0.2) is 0 Å². The van der Waals surface area contributed by atoms with E-state index >= 15 is 0 Å². The zero-order valence-electron chi connectivity index (χ0n) is 12.1. The van der Waals surface area contributed by atoms with Crippen molar-refractivity contribution in [3.8, 4) is 0 Å². The summed E-state index contributed by atoms with van der Waals surface area (Å²) in [4.78, 5) is 14.1. The fraction of sp³-hybridized carbons (Fsp3) is 0.562. The van der Waals surface area contributed by atoms with Crippen LogP contribution in [0.5, 0.6) is 0 Å². The van der Waals surface area contributed by atoms with Gasteiger partial charge in [0.2, 0.25) is 5.91 Å². The zero-order chi connectivity index (χ0) is 13.5. The van der Waals surface area contributed by atoms with Crippen LogP contribution in [-0.4, -0.2) is 12.5 Å². The Morgan fingerprint density at radius 3 is 2.44 bits per heavy atom. The van der Waals surface area contributed by atoms with Crippen LogP contribution in [-0.2, 0) is 4.79 Å². The molecule has 1 aromatic rings. The first-order chi connectivity index (χ1) is 8.60. The van der Waals surface area contributed by atoms with E-state index in [1.54, 1.807) is 0 Å². The largest absolute Gasteiger partial charge is 0.312 e. The molecule has 2 nitrogen and oxygen atoms in total. The number of nitrogens with zero attached hydrogens (tertiary/aromatic N) is 1. The molecule has 1 amide bonds. The number of amides is 1. The minimum atomic E-state index is 0.248. The maximum absolute atomic E-state index is 12.2. The maximum atomic E-state index is 12.2. The van der Waals surface area contributed by atoms with Gasteiger partial charge in [0.25, 0.3) is 0 Å². The first-order valence-electron chi connectivity index (χ1n) is 6.97. The van der Waals surface area contributed by atoms with E-state index in [1.165, 1.54) is 11.1 Å². The Kier molecular flexibility index (Phi) is 5.90. The van der Waals surface area contributed by atoms with Crippen LogP contribution in [0.2, 0.25) is 0 Å². The lowest BCUT2D eigenvalue weighted by Gasteiger charge is -2.23. The highest BCUT2D eigenvalue weighted by Gasteiger charge is 2.14. The first kappa shape index (κ1) is 14.7. The highest BCUT2D eigenvalue weighted by atomic mass is 16.2. The Morgan fingerprint density at radius 2 is 1.89 bits per heavy atom. The Hall–Kier alpha value is -1.31. The molecule has 100 valence electrons. The lowest BCUT2D eigenvalue weighted by atomic mass is 10.1. The molecular formula is C16H25NO. The summed E-state index contributed by atoms with van der Waals surface area (Å²) in [6, 6.07) is 6.27. The summed E-state index contributed by atoms with van der Waals surface area (Å²) in [7, 11) is 0. The van der Waals surface area contributed by atoms with Crippen molar-refractivity contribution in [2.45, 2.75) is 53.4 Å². The van der Waals surface area contributed by atoms with E-state index in [-0.39, 0.29) is 5.91 Å². The highest BCUT2D eigenvalue weighted by Crippen LogP contribution is 2.22. The van der Waals surface area contributed by atoms with Gasteiger partial charge < -0.3 is 4.90 Å². The molecule has 0 aromatic heterocycles. The molecule has 2 heteroatoms. The molecule has 0 radical (unpaired) electrons. The van der Waals surface area contributed by atoms with Crippen LogP contribution >= 0.6 is 0 Å². The van der Waals surface area contributed by atoms with Crippen molar-refractivity contribution < 1.29 is 4.79 Å². The van der Waals surface area contributed by atoms with Gasteiger partial charge >= 0.3 is 0 Å². The lowest BCUT2D eigenvalue weighted by Crippen LogP contribution is -2.31. The quantitative estimate of drug-likeness (QED) is 0.689. The van der Waals surface area contributed by atoms with E-state index in [1.807, 2.05) is 11.8 Å². The average Bonchev–Trinajstić information content (AvgIpc) is 2.33. The van der Waals surface area contributed by atoms with Gasteiger partial charge in [-0.15, -0.1) is 0 Å². The highest BCUT2D eigenvalue weighted by molar-refractivity contribution is 5.94. The minimum absolute atomic E-state index is 0.248. The Bertz CT molecular complexity index is 398. The topological polar surface area (TPSA) is 20.3 Å². The third-order valence-corrected chi connectivity index (χ3v) is 3.25. The van der Waals surface area contributed by atoms with Gasteiger partial charge in [0, 0.05) is 18.7 Å². The van der Waals surface area contributed by atoms with E-state index in [0.29, 0.717) is 6.42 Å². The van der Waals surface area contributed by atoms with Gasteiger partial charge in [-0.1, -0.05) is 37.5 Å². The standard InChI is InChI=1S/C16H25NO/c1-5-7-8-9-16(18)17(6-2)15-11-10-13(3)12-14(15)4/h10-12H,5-9H2,1-4H3. The Morgan fingerprint density at radius 1 is 1.17 bits per heavy atom. The average molecular weight is 247 g/mol. The second-order valence-corrected chi connectivity index (χ2v) is 4.89. The molecule has 0 N–H and O–H groups in total. The predicted molar refractivity (Wildman–Crippen MR) is 78.1 cm³/mol. The molecule has 0 aliphatic rings. The van der Waals surface area contributed by atoms with Gasteiger partial charge in [-0.3, -0.25) is 4.79 Å². The number of rotatable bonds is 6. The number of benzene rings is 1. The van der Waals surface area contributed by atoms with Gasteiger partial charge in [0.1, 0.15) is 0 Å². The molecule has 1 rings (SSSR count). The van der Waals surface area contributed by atoms with Crippen LogP contribution < -0.4 is 4.90 Å². The van der Waals surface area contributed by atoms with Crippen LogP contribution in [0.4, 0.5) is 5.69 Å². The molecule has 1 aromatic carbocycles. The molecule has 0 aliphatic carbocycles. The minimum Gasteiger partial charge on any atom is -0.312 e. The van der Waals surface area contributed by atoms with E-state index < -0.39 is 0 Å². The van der Waals surface area contributed by atoms with Crippen LogP contribution in [0, 0.1) is 13.8 Å². The molecule has 0 bridgehead atoms. The summed E-state index contributed by atoms with van der Waals surface area (Å²) in [5.74, 6) is 0.248. The van der Waals surface area contributed by atoms with E-state index in [0.717, 1.165) is 31.5 Å². The molecule has 0 saturated heterocycles. The van der Waals surface area contributed by atoms with Gasteiger partial charge in [0.05, 0.1) is 0 Å². The summed E-state index contributed by atoms with van der Waals surface area (Å²) < 4.78 is 0. The number of carbonyl (C=O) groups excluding carboxylic acids is 1. The molecule has 0 fully saturated rings. The lowest BCUT2D eigenvalue weighted by molar-refractivity contribution is -0.118. The van der Waals surface area contributed by atoms with Crippen LogP contribution in [0.1, 0.15) is 50.7 Å². The van der Waals surface area contributed by atoms with Crippen molar-refractivity contribution in [2.24, 2.45) is 0 Å². The van der Waals surface area contributed by atoms with Gasteiger partial charge in [0.15, 0.2) is 0 Å². The molecule has 0 aliphatic heterocycles. The summed E-state index contributed by atoms with van der Waals surface area (Å²) >= 11 is 0. The Labute approximate surface area is 111 Å². The second-order valence-electron chi connectivity index (χ2n) is 4.89. The summed E-state index contributed by atoms with van der Waals surface area (Å²) in [6.07, 6.45) is 3.95. The number of hydrogen-bond donors (Lipinski definition) is 0. The maximum Gasteiger partial charge on any atom is 0.226 e. The Balaban J connectivity index is 2.78. The predicted octanol–water partition coefficient (Wildman–Crippen LogP) is 4.24. The van der Waals surface area contributed by atoms with Crippen molar-refractivity contribution in [2.75, 3.05) is 11.4 Å². The second kappa shape index (κ2) is 7.20. The fourth-order valence-corrected chi connectivity index (χ4v) is 2.25. The van der Waals surface area contributed by atoms with Gasteiger partial charge in [-0.2, -0.15) is 0 Å². The van der Waals surface area contributed by atoms with Crippen LogP contribution in [0.3, 0.4) is 0 Å². The molecule has 0 unspecified atom stereocenters. The summed E-state index contributed by atoms with van der Waals surface area (Å²) in [5.41, 5.74) is 3.48. The molecule has 18 heavy (non-hydrogen) atoms. The van der Waals surface area contributed by atoms with E-state index in [2.05, 4.69) is 39.0 Å². The SMILES string of the molecule is CCCCCC(=O)N(CC)c1ccc(C)cc1C. The number of unbranched alkanes of at least 4 members (excludes halogenated alkanes) is 2. The summed E-state index contributed by atoms with van der Waals surface area (Å²) in [5, 5.41) is 0. The monoisotopic (exact) mass is 247 g/mol. The molecule has 0 spiro atoms. The van der Waals surface area contributed by atoms with Crippen molar-refractivity contribution in [3.63, 3.8) is 0 Å². The van der Waals surface area contributed by atoms with Crippen molar-refractivity contribution in [3.05, 3.63) is 29.3 Å². The third-order valence-electron chi connectivity index (χ3n) is 3.25. The molecule has 0 saturated carbocycles. The van der Waals surface area contributed by atoms with Gasteiger partial charge in [-0.05, 0) is 38.8 Å². The van der Waals surface area contributed by atoms with Crippen molar-refractivity contribution in [1.29, 1.82) is 0 Å². The molecular weight excluding hydrogens is 222 g/mol. The number of anilines is 1. The normalized spacial score (nSPS) is 10.4. The van der Waals surface area contributed by atoms with Crippen LogP contribution in [0.25, 0.3) is 0 Å². The summed E-state index contributed by atoms with van der Waals surface area (Å²) in [6.45, 7) is 9.10. The molecule has 0 atom stereocenters. The number of aryl methyl sites for hydroxylation is 2. The third kappa shape index (κ3) is 3.86. The molecule has 0 heterocycles. The van der Waals surface area contributed by atoms with Crippen molar-refractivity contribution in [1.82, 2.24) is 0 Å².